The molecular formula is C21H23N5O3. The third-order valence-corrected chi connectivity index (χ3v) is 4.77. The number of hydrogen-bond acceptors (Lipinski definition) is 8. The summed E-state index contributed by atoms with van der Waals surface area (Å²) in [5.41, 5.74) is 9.30. The number of methoxy groups -OCH3 is 1. The van der Waals surface area contributed by atoms with Gasteiger partial charge in [-0.3, -0.25) is 0 Å². The zero-order chi connectivity index (χ0) is 20.2. The Morgan fingerprint density at radius 2 is 2.00 bits per heavy atom. The van der Waals surface area contributed by atoms with Gasteiger partial charge in [0.2, 0.25) is 5.95 Å². The Morgan fingerprint density at radius 1 is 1.17 bits per heavy atom. The second-order valence-electron chi connectivity index (χ2n) is 6.62. The van der Waals surface area contributed by atoms with E-state index in [1.165, 1.54) is 0 Å². The molecule has 150 valence electrons. The fourth-order valence-electron chi connectivity index (χ4n) is 3.34. The highest BCUT2D eigenvalue weighted by atomic mass is 16.5. The number of rotatable bonds is 5. The van der Waals surface area contributed by atoms with Gasteiger partial charge >= 0.3 is 0 Å². The Kier molecular flexibility index (Phi) is 5.35. The molecule has 0 spiro atoms. The van der Waals surface area contributed by atoms with Gasteiger partial charge in [-0.25, -0.2) is 9.97 Å². The van der Waals surface area contributed by atoms with Crippen molar-refractivity contribution in [3.05, 3.63) is 48.7 Å². The molecule has 2 aromatic carbocycles. The van der Waals surface area contributed by atoms with Crippen LogP contribution in [0.5, 0.6) is 11.5 Å². The quantitative estimate of drug-likeness (QED) is 0.568. The first-order valence-corrected chi connectivity index (χ1v) is 9.34. The summed E-state index contributed by atoms with van der Waals surface area (Å²) in [6, 6.07) is 12.6. The van der Waals surface area contributed by atoms with E-state index in [4.69, 9.17) is 15.2 Å². The summed E-state index contributed by atoms with van der Waals surface area (Å²) in [7, 11) is 1.65. The summed E-state index contributed by atoms with van der Waals surface area (Å²) in [5, 5.41) is 13.3. The van der Waals surface area contributed by atoms with Crippen molar-refractivity contribution in [1.82, 2.24) is 9.97 Å². The van der Waals surface area contributed by atoms with E-state index in [9.17, 15) is 5.11 Å². The molecule has 0 unspecified atom stereocenters. The smallest absolute Gasteiger partial charge is 0.227 e. The summed E-state index contributed by atoms with van der Waals surface area (Å²) in [4.78, 5) is 11.0. The van der Waals surface area contributed by atoms with Gasteiger partial charge in [0.1, 0.15) is 11.5 Å². The zero-order valence-corrected chi connectivity index (χ0v) is 16.1. The SMILES string of the molecule is COc1cc(Nc2nccc(-c3c(N)cccc3O)n2)ccc1N1CCOCC1. The molecule has 29 heavy (non-hydrogen) atoms. The van der Waals surface area contributed by atoms with Crippen molar-refractivity contribution in [1.29, 1.82) is 0 Å². The molecule has 4 rings (SSSR count). The van der Waals surface area contributed by atoms with Crippen LogP contribution in [-0.4, -0.2) is 48.5 Å². The van der Waals surface area contributed by atoms with Gasteiger partial charge in [0.15, 0.2) is 0 Å². The van der Waals surface area contributed by atoms with E-state index in [0.29, 0.717) is 36.1 Å². The number of hydrogen-bond donors (Lipinski definition) is 3. The monoisotopic (exact) mass is 393 g/mol. The van der Waals surface area contributed by atoms with Crippen molar-refractivity contribution in [2.24, 2.45) is 0 Å². The van der Waals surface area contributed by atoms with Crippen LogP contribution in [0.4, 0.5) is 23.0 Å². The first-order chi connectivity index (χ1) is 14.2. The number of nitrogens with two attached hydrogens (primary N) is 1. The van der Waals surface area contributed by atoms with Crippen LogP contribution in [0.1, 0.15) is 0 Å². The molecule has 0 amide bonds. The lowest BCUT2D eigenvalue weighted by molar-refractivity contribution is 0.122. The van der Waals surface area contributed by atoms with Crippen molar-refractivity contribution < 1.29 is 14.6 Å². The first kappa shape index (κ1) is 18.8. The second-order valence-corrected chi connectivity index (χ2v) is 6.62. The molecule has 0 aliphatic carbocycles. The number of aromatic nitrogens is 2. The van der Waals surface area contributed by atoms with Gasteiger partial charge in [0.25, 0.3) is 0 Å². The highest BCUT2D eigenvalue weighted by Gasteiger charge is 2.16. The number of phenols is 1. The summed E-state index contributed by atoms with van der Waals surface area (Å²) < 4.78 is 11.0. The van der Waals surface area contributed by atoms with Gasteiger partial charge in [-0.05, 0) is 30.3 Å². The fraction of sp³-hybridized carbons (Fsp3) is 0.238. The predicted molar refractivity (Wildman–Crippen MR) is 113 cm³/mol. The Balaban J connectivity index is 1.60. The average molecular weight is 393 g/mol. The van der Waals surface area contributed by atoms with Gasteiger partial charge < -0.3 is 30.5 Å². The zero-order valence-electron chi connectivity index (χ0n) is 16.1. The van der Waals surface area contributed by atoms with E-state index in [2.05, 4.69) is 20.2 Å². The molecule has 2 heterocycles. The molecule has 1 saturated heterocycles. The van der Waals surface area contributed by atoms with Gasteiger partial charge in [0.05, 0.1) is 37.3 Å². The van der Waals surface area contributed by atoms with Crippen molar-refractivity contribution >= 4 is 23.0 Å². The lowest BCUT2D eigenvalue weighted by atomic mass is 10.1. The summed E-state index contributed by atoms with van der Waals surface area (Å²) in [6.45, 7) is 3.07. The van der Waals surface area contributed by atoms with Crippen LogP contribution in [-0.2, 0) is 4.74 Å². The number of morpholine rings is 1. The molecule has 8 nitrogen and oxygen atoms in total. The number of anilines is 4. The number of benzene rings is 2. The van der Waals surface area contributed by atoms with E-state index in [1.807, 2.05) is 18.2 Å². The van der Waals surface area contributed by atoms with E-state index >= 15 is 0 Å². The third kappa shape index (κ3) is 4.02. The molecule has 0 bridgehead atoms. The van der Waals surface area contributed by atoms with Gasteiger partial charge in [-0.15, -0.1) is 0 Å². The molecule has 0 atom stereocenters. The fourth-order valence-corrected chi connectivity index (χ4v) is 3.34. The molecule has 8 heteroatoms. The molecule has 1 fully saturated rings. The lowest BCUT2D eigenvalue weighted by Gasteiger charge is -2.30. The average Bonchev–Trinajstić information content (AvgIpc) is 2.74. The standard InChI is InChI=1S/C21H23N5O3/c1-28-19-13-14(5-6-17(19)26-9-11-29-12-10-26)24-21-23-8-7-16(25-21)20-15(22)3-2-4-18(20)27/h2-8,13,27H,9-12,22H2,1H3,(H,23,24,25). The molecule has 1 aliphatic rings. The highest BCUT2D eigenvalue weighted by Crippen LogP contribution is 2.35. The maximum absolute atomic E-state index is 10.2. The van der Waals surface area contributed by atoms with E-state index in [-0.39, 0.29) is 5.75 Å². The number of ether oxygens (including phenoxy) is 2. The molecule has 0 saturated carbocycles. The van der Waals surface area contributed by atoms with Crippen molar-refractivity contribution in [3.8, 4) is 22.8 Å². The molecule has 3 aromatic rings. The highest BCUT2D eigenvalue weighted by molar-refractivity contribution is 5.80. The third-order valence-electron chi connectivity index (χ3n) is 4.77. The second kappa shape index (κ2) is 8.24. The molecular weight excluding hydrogens is 370 g/mol. The number of phenolic OH excluding ortho intramolecular Hbond substituents is 1. The Morgan fingerprint density at radius 3 is 2.76 bits per heavy atom. The molecule has 0 radical (unpaired) electrons. The number of aromatic hydroxyl groups is 1. The van der Waals surface area contributed by atoms with Crippen molar-refractivity contribution in [2.45, 2.75) is 0 Å². The summed E-state index contributed by atoms with van der Waals surface area (Å²) in [5.74, 6) is 1.23. The summed E-state index contributed by atoms with van der Waals surface area (Å²) in [6.07, 6.45) is 1.62. The summed E-state index contributed by atoms with van der Waals surface area (Å²) >= 11 is 0. The lowest BCUT2D eigenvalue weighted by Crippen LogP contribution is -2.36. The Labute approximate surface area is 168 Å². The topological polar surface area (TPSA) is 106 Å². The molecule has 1 aromatic heterocycles. The minimum atomic E-state index is 0.0752. The Bertz CT molecular complexity index is 985. The maximum Gasteiger partial charge on any atom is 0.227 e. The van der Waals surface area contributed by atoms with Crippen molar-refractivity contribution in [2.75, 3.05) is 49.4 Å². The van der Waals surface area contributed by atoms with Crippen LogP contribution in [0.3, 0.4) is 0 Å². The predicted octanol–water partition coefficient (Wildman–Crippen LogP) is 3.02. The number of nitrogens with one attached hydrogen (secondary N) is 1. The van der Waals surface area contributed by atoms with Crippen molar-refractivity contribution in [3.63, 3.8) is 0 Å². The largest absolute Gasteiger partial charge is 0.507 e. The molecule has 1 aliphatic heterocycles. The minimum absolute atomic E-state index is 0.0752. The van der Waals surface area contributed by atoms with E-state index in [1.54, 1.807) is 37.6 Å². The van der Waals surface area contributed by atoms with Crippen LogP contribution < -0.4 is 20.7 Å². The van der Waals surface area contributed by atoms with Crippen LogP contribution in [0.2, 0.25) is 0 Å². The van der Waals surface area contributed by atoms with Crippen LogP contribution in [0.15, 0.2) is 48.7 Å². The van der Waals surface area contributed by atoms with E-state index in [0.717, 1.165) is 30.2 Å². The van der Waals surface area contributed by atoms with Crippen LogP contribution in [0, 0.1) is 0 Å². The van der Waals surface area contributed by atoms with Gasteiger partial charge in [-0.2, -0.15) is 0 Å². The van der Waals surface area contributed by atoms with Crippen LogP contribution >= 0.6 is 0 Å². The van der Waals surface area contributed by atoms with Gasteiger partial charge in [0, 0.05) is 36.7 Å². The first-order valence-electron chi connectivity index (χ1n) is 9.34. The van der Waals surface area contributed by atoms with E-state index < -0.39 is 0 Å². The molecule has 4 N–H and O–H groups in total. The van der Waals surface area contributed by atoms with Crippen LogP contribution in [0.25, 0.3) is 11.3 Å². The minimum Gasteiger partial charge on any atom is -0.507 e. The number of nitrogen functional groups attached to an aromatic ring is 1. The van der Waals surface area contributed by atoms with Gasteiger partial charge in [-0.1, -0.05) is 6.07 Å². The number of nitrogens with zero attached hydrogens (tertiary/aromatic N) is 3. The normalized spacial score (nSPS) is 13.9. The maximum atomic E-state index is 10.2. The Hall–Kier alpha value is -3.52.